The van der Waals surface area contributed by atoms with Crippen LogP contribution in [-0.2, 0) is 6.42 Å². The second-order valence-electron chi connectivity index (χ2n) is 5.06. The third-order valence-electron chi connectivity index (χ3n) is 3.15. The maximum Gasteiger partial charge on any atom is 0.175 e. The quantitative estimate of drug-likeness (QED) is 0.716. The monoisotopic (exact) mass is 257 g/mol. The van der Waals surface area contributed by atoms with Crippen LogP contribution in [0.5, 0.6) is 11.5 Å². The number of benzene rings is 1. The first-order valence-corrected chi connectivity index (χ1v) is 6.39. The second kappa shape index (κ2) is 5.47. The van der Waals surface area contributed by atoms with Crippen molar-refractivity contribution in [3.63, 3.8) is 0 Å². The number of nitrogens with one attached hydrogen (secondary N) is 1. The van der Waals surface area contributed by atoms with Crippen LogP contribution in [0.25, 0.3) is 0 Å². The van der Waals surface area contributed by atoms with Gasteiger partial charge in [-0.05, 0) is 36.0 Å². The molecule has 1 aliphatic heterocycles. The smallest absolute Gasteiger partial charge is 0.175 e. The van der Waals surface area contributed by atoms with E-state index in [1.807, 2.05) is 13.0 Å². The van der Waals surface area contributed by atoms with Gasteiger partial charge in [0.05, 0.1) is 23.5 Å². The standard InChI is InChI=1S/C12H12B5NO2/c1-2-11(15,18-10(13)14)6-7-3-4-8-9(5-7)20-12(16,17)19-8/h3-5,10,18H,2,6H2,1H3. The molecule has 92 valence electrons. The van der Waals surface area contributed by atoms with E-state index < -0.39 is 16.9 Å². The third kappa shape index (κ3) is 3.60. The van der Waals surface area contributed by atoms with Crippen LogP contribution >= 0.6 is 0 Å². The lowest BCUT2D eigenvalue weighted by molar-refractivity contribution is 0.0833. The van der Waals surface area contributed by atoms with Crippen molar-refractivity contribution in [3.05, 3.63) is 23.8 Å². The van der Waals surface area contributed by atoms with Gasteiger partial charge in [-0.15, -0.1) is 0 Å². The van der Waals surface area contributed by atoms with Gasteiger partial charge in [-0.3, -0.25) is 0 Å². The van der Waals surface area contributed by atoms with Crippen LogP contribution in [-0.4, -0.2) is 56.1 Å². The maximum absolute atomic E-state index is 6.24. The van der Waals surface area contributed by atoms with Gasteiger partial charge in [0, 0.05) is 0 Å². The summed E-state index contributed by atoms with van der Waals surface area (Å²) in [6.45, 7) is 1.95. The molecule has 0 spiro atoms. The molecule has 0 amide bonds. The summed E-state index contributed by atoms with van der Waals surface area (Å²) in [5, 5.41) is 2.95. The average Bonchev–Trinajstić information content (AvgIpc) is 2.61. The first kappa shape index (κ1) is 15.5. The fraction of sp³-hybridized carbons (Fsp3) is 0.500. The van der Waals surface area contributed by atoms with Crippen molar-refractivity contribution < 1.29 is 9.47 Å². The number of fused-ring (bicyclic) bond motifs is 1. The Morgan fingerprint density at radius 2 is 1.90 bits per heavy atom. The van der Waals surface area contributed by atoms with Crippen molar-refractivity contribution >= 4 is 39.2 Å². The lowest BCUT2D eigenvalue weighted by atomic mass is 9.67. The highest BCUT2D eigenvalue weighted by Gasteiger charge is 2.31. The molecule has 1 atom stereocenters. The normalized spacial score (nSPS) is 18.9. The summed E-state index contributed by atoms with van der Waals surface area (Å²) in [6.07, 6.45) is 1.18. The van der Waals surface area contributed by atoms with E-state index in [1.165, 1.54) is 0 Å². The van der Waals surface area contributed by atoms with Crippen LogP contribution in [0.15, 0.2) is 18.2 Å². The first-order chi connectivity index (χ1) is 9.23. The molecule has 8 heteroatoms. The molecule has 1 aromatic rings. The predicted octanol–water partition coefficient (Wildman–Crippen LogP) is -0.566. The molecule has 2 rings (SSSR count). The fourth-order valence-electron chi connectivity index (χ4n) is 2.17. The van der Waals surface area contributed by atoms with Crippen molar-refractivity contribution in [3.8, 4) is 11.5 Å². The van der Waals surface area contributed by atoms with Crippen LogP contribution in [0.3, 0.4) is 0 Å². The Morgan fingerprint density at radius 1 is 1.25 bits per heavy atom. The molecule has 10 radical (unpaired) electrons. The SMILES string of the molecule is [B]C([B])NC([B])(CC)Cc1ccc2c(c1)OC([B])([B])O2. The average molecular weight is 256 g/mol. The molecule has 20 heavy (non-hydrogen) atoms. The van der Waals surface area contributed by atoms with Gasteiger partial charge < -0.3 is 14.8 Å². The van der Waals surface area contributed by atoms with Gasteiger partial charge in [-0.25, -0.2) is 0 Å². The van der Waals surface area contributed by atoms with Gasteiger partial charge >= 0.3 is 0 Å². The largest absolute Gasteiger partial charge is 0.468 e. The molecule has 1 aromatic carbocycles. The molecule has 0 aliphatic carbocycles. The molecule has 1 N–H and O–H groups in total. The Hall–Kier alpha value is -0.895. The van der Waals surface area contributed by atoms with Crippen molar-refractivity contribution in [1.29, 1.82) is 0 Å². The van der Waals surface area contributed by atoms with Gasteiger partial charge in [-0.1, -0.05) is 18.8 Å². The number of hydrogen-bond donors (Lipinski definition) is 1. The van der Waals surface area contributed by atoms with Crippen molar-refractivity contribution in [2.24, 2.45) is 0 Å². The minimum absolute atomic E-state index is 0.489. The van der Waals surface area contributed by atoms with Crippen LogP contribution < -0.4 is 14.8 Å². The lowest BCUT2D eigenvalue weighted by Crippen LogP contribution is -2.52. The van der Waals surface area contributed by atoms with Crippen LogP contribution in [0.2, 0.25) is 0 Å². The van der Waals surface area contributed by atoms with Crippen molar-refractivity contribution in [2.45, 2.75) is 36.6 Å². The van der Waals surface area contributed by atoms with E-state index in [0.717, 1.165) is 5.56 Å². The first-order valence-electron chi connectivity index (χ1n) is 6.39. The van der Waals surface area contributed by atoms with Gasteiger partial charge in [0.1, 0.15) is 0 Å². The van der Waals surface area contributed by atoms with E-state index in [0.29, 0.717) is 24.3 Å². The number of hydrogen-bond acceptors (Lipinski definition) is 3. The van der Waals surface area contributed by atoms with E-state index in [2.05, 4.69) is 5.32 Å². The molecule has 1 unspecified atom stereocenters. The molecule has 0 bridgehead atoms. The zero-order chi connectivity index (χ0) is 15.0. The van der Waals surface area contributed by atoms with Gasteiger partial charge in [0.2, 0.25) is 0 Å². The van der Waals surface area contributed by atoms with E-state index in [-0.39, 0.29) is 0 Å². The molecule has 0 saturated carbocycles. The summed E-state index contributed by atoms with van der Waals surface area (Å²) < 4.78 is 10.5. The maximum atomic E-state index is 6.24. The third-order valence-corrected chi connectivity index (χ3v) is 3.15. The minimum atomic E-state index is -1.62. The van der Waals surface area contributed by atoms with E-state index >= 15 is 0 Å². The Bertz CT molecular complexity index is 497. The number of rotatable bonds is 5. The number of ether oxygens (including phenoxy) is 2. The van der Waals surface area contributed by atoms with Crippen LogP contribution in [0.4, 0.5) is 0 Å². The van der Waals surface area contributed by atoms with E-state index in [9.17, 15) is 0 Å². The van der Waals surface area contributed by atoms with E-state index in [1.54, 1.807) is 12.1 Å². The van der Waals surface area contributed by atoms with Crippen LogP contribution in [0, 0.1) is 0 Å². The predicted molar refractivity (Wildman–Crippen MR) is 82.8 cm³/mol. The highest BCUT2D eigenvalue weighted by molar-refractivity contribution is 6.38. The highest BCUT2D eigenvalue weighted by atomic mass is 16.7. The summed E-state index contributed by atoms with van der Waals surface area (Å²) in [5.74, 6) is 0.305. The van der Waals surface area contributed by atoms with E-state index in [4.69, 9.17) is 48.7 Å². The molecular weight excluding hydrogens is 244 g/mol. The molecule has 1 heterocycles. The molecule has 0 fully saturated rings. The Balaban J connectivity index is 2.15. The Kier molecular flexibility index (Phi) is 4.24. The topological polar surface area (TPSA) is 30.5 Å². The molecular formula is C12H12B5NO2. The van der Waals surface area contributed by atoms with Gasteiger partial charge in [-0.2, -0.15) is 0 Å². The minimum Gasteiger partial charge on any atom is -0.468 e. The zero-order valence-electron chi connectivity index (χ0n) is 11.4. The fourth-order valence-corrected chi connectivity index (χ4v) is 2.17. The highest BCUT2D eigenvalue weighted by Crippen LogP contribution is 2.38. The van der Waals surface area contributed by atoms with Crippen molar-refractivity contribution in [2.75, 3.05) is 0 Å². The summed E-state index contributed by atoms with van der Waals surface area (Å²) in [6, 6.07) is 5.40. The zero-order valence-corrected chi connectivity index (χ0v) is 11.4. The Labute approximate surface area is 126 Å². The Morgan fingerprint density at radius 3 is 2.50 bits per heavy atom. The summed E-state index contributed by atoms with van der Waals surface area (Å²) in [7, 11) is 28.4. The van der Waals surface area contributed by atoms with Crippen molar-refractivity contribution in [1.82, 2.24) is 5.32 Å². The van der Waals surface area contributed by atoms with Gasteiger partial charge in [0.15, 0.2) is 32.8 Å². The molecule has 1 aliphatic rings. The molecule has 0 aromatic heterocycles. The molecule has 0 saturated heterocycles. The lowest BCUT2D eigenvalue weighted by Gasteiger charge is -2.33. The van der Waals surface area contributed by atoms with Crippen LogP contribution in [0.1, 0.15) is 18.9 Å². The van der Waals surface area contributed by atoms with Gasteiger partial charge in [0.25, 0.3) is 0 Å². The molecule has 3 nitrogen and oxygen atoms in total. The summed E-state index contributed by atoms with van der Waals surface area (Å²) >= 11 is 0. The second-order valence-corrected chi connectivity index (χ2v) is 5.06. The summed E-state index contributed by atoms with van der Waals surface area (Å²) in [5.41, 5.74) is -1.39. The summed E-state index contributed by atoms with van der Waals surface area (Å²) in [4.78, 5) is 0.